The molecule has 0 aromatic heterocycles. The van der Waals surface area contributed by atoms with Gasteiger partial charge in [-0.1, -0.05) is 30.3 Å². The van der Waals surface area contributed by atoms with Crippen LogP contribution in [0.5, 0.6) is 5.75 Å². The summed E-state index contributed by atoms with van der Waals surface area (Å²) >= 11 is 0. The first-order valence-corrected chi connectivity index (χ1v) is 6.73. The van der Waals surface area contributed by atoms with Crippen LogP contribution < -0.4 is 10.1 Å². The summed E-state index contributed by atoms with van der Waals surface area (Å²) in [5.74, 6) is -1.71. The van der Waals surface area contributed by atoms with Gasteiger partial charge in [0, 0.05) is 5.56 Å². The third-order valence-corrected chi connectivity index (χ3v) is 2.92. The average molecular weight is 332 g/mol. The summed E-state index contributed by atoms with van der Waals surface area (Å²) < 4.78 is 42.6. The van der Waals surface area contributed by atoms with E-state index < -0.39 is 18.3 Å². The minimum absolute atomic E-state index is 0.0965. The number of halogens is 3. The first-order valence-electron chi connectivity index (χ1n) is 6.73. The van der Waals surface area contributed by atoms with Gasteiger partial charge >= 0.3 is 6.61 Å². The normalized spacial score (nSPS) is 11.0. The number of carbonyl (C=O) groups is 1. The average Bonchev–Trinajstić information content (AvgIpc) is 2.55. The lowest BCUT2D eigenvalue weighted by Gasteiger charge is -2.08. The summed E-state index contributed by atoms with van der Waals surface area (Å²) in [4.78, 5) is 12.1. The quantitative estimate of drug-likeness (QED) is 0.665. The number of rotatable bonds is 5. The Morgan fingerprint density at radius 3 is 2.50 bits per heavy atom. The van der Waals surface area contributed by atoms with Gasteiger partial charge < -0.3 is 10.1 Å². The molecule has 2 aromatic rings. The number of nitriles is 1. The van der Waals surface area contributed by atoms with Gasteiger partial charge in [0.1, 0.15) is 23.2 Å². The van der Waals surface area contributed by atoms with Gasteiger partial charge in [-0.3, -0.25) is 4.79 Å². The molecule has 0 saturated heterocycles. The number of amides is 1. The number of ether oxygens (including phenoxy) is 1. The molecular weight excluding hydrogens is 321 g/mol. The highest BCUT2D eigenvalue weighted by Gasteiger charge is 2.14. The monoisotopic (exact) mass is 332 g/mol. The minimum atomic E-state index is -3.04. The first-order chi connectivity index (χ1) is 11.5. The van der Waals surface area contributed by atoms with Gasteiger partial charge in [-0.25, -0.2) is 4.39 Å². The lowest BCUT2D eigenvalue weighted by Crippen LogP contribution is -2.14. The van der Waals surface area contributed by atoms with Gasteiger partial charge in [-0.05, 0) is 24.3 Å². The molecule has 2 aromatic carbocycles. The largest absolute Gasteiger partial charge is 0.434 e. The summed E-state index contributed by atoms with van der Waals surface area (Å²) in [5, 5.41) is 11.4. The summed E-state index contributed by atoms with van der Waals surface area (Å²) in [5.41, 5.74) is -0.359. The Bertz CT molecular complexity index is 813. The van der Waals surface area contributed by atoms with E-state index in [1.54, 1.807) is 6.07 Å². The molecule has 7 heteroatoms. The molecule has 4 nitrogen and oxygen atoms in total. The van der Waals surface area contributed by atoms with E-state index >= 15 is 0 Å². The highest BCUT2D eigenvalue weighted by molar-refractivity contribution is 6.09. The van der Waals surface area contributed by atoms with E-state index in [0.717, 1.165) is 12.1 Å². The van der Waals surface area contributed by atoms with E-state index in [1.165, 1.54) is 42.5 Å². The van der Waals surface area contributed by atoms with Crippen molar-refractivity contribution in [3.63, 3.8) is 0 Å². The Labute approximate surface area is 135 Å². The van der Waals surface area contributed by atoms with Gasteiger partial charge in [0.15, 0.2) is 0 Å². The molecule has 24 heavy (non-hydrogen) atoms. The number of anilines is 1. The second-order valence-corrected chi connectivity index (χ2v) is 4.52. The highest BCUT2D eigenvalue weighted by Crippen LogP contribution is 2.23. The Hall–Kier alpha value is -3.27. The number of alkyl halides is 2. The first kappa shape index (κ1) is 17.1. The number of benzene rings is 2. The molecule has 1 N–H and O–H groups in total. The SMILES string of the molecule is N#CC(=Cc1ccccc1OC(F)F)C(=O)Nc1ccccc1F. The van der Waals surface area contributed by atoms with Crippen LogP contribution in [0.2, 0.25) is 0 Å². The zero-order valence-electron chi connectivity index (χ0n) is 12.2. The summed E-state index contributed by atoms with van der Waals surface area (Å²) in [6.07, 6.45) is 1.09. The van der Waals surface area contributed by atoms with Gasteiger partial charge in [0.2, 0.25) is 0 Å². The summed E-state index contributed by atoms with van der Waals surface area (Å²) in [6, 6.07) is 12.8. The molecule has 1 amide bonds. The highest BCUT2D eigenvalue weighted by atomic mass is 19.3. The Morgan fingerprint density at radius 2 is 1.83 bits per heavy atom. The van der Waals surface area contributed by atoms with Crippen LogP contribution in [0.25, 0.3) is 6.08 Å². The van der Waals surface area contributed by atoms with Crippen LogP contribution in [0.15, 0.2) is 54.1 Å². The van der Waals surface area contributed by atoms with E-state index in [0.29, 0.717) is 0 Å². The van der Waals surface area contributed by atoms with Crippen molar-refractivity contribution >= 4 is 17.7 Å². The molecule has 2 rings (SSSR count). The zero-order chi connectivity index (χ0) is 17.5. The van der Waals surface area contributed by atoms with Gasteiger partial charge in [0.25, 0.3) is 5.91 Å². The van der Waals surface area contributed by atoms with Crippen LogP contribution in [0.3, 0.4) is 0 Å². The fraction of sp³-hybridized carbons (Fsp3) is 0.0588. The molecule has 0 aliphatic rings. The lowest BCUT2D eigenvalue weighted by atomic mass is 10.1. The maximum absolute atomic E-state index is 13.5. The number of para-hydroxylation sites is 2. The molecule has 0 spiro atoms. The second kappa shape index (κ2) is 7.83. The Balaban J connectivity index is 2.28. The molecule has 0 aliphatic carbocycles. The third-order valence-electron chi connectivity index (χ3n) is 2.92. The molecule has 0 unspecified atom stereocenters. The van der Waals surface area contributed by atoms with Gasteiger partial charge in [-0.2, -0.15) is 14.0 Å². The smallest absolute Gasteiger partial charge is 0.387 e. The molecule has 0 saturated carbocycles. The molecular formula is C17H11F3N2O2. The van der Waals surface area contributed by atoms with Crippen molar-refractivity contribution in [3.05, 3.63) is 65.5 Å². The number of hydrogen-bond donors (Lipinski definition) is 1. The van der Waals surface area contributed by atoms with Crippen molar-refractivity contribution < 1.29 is 22.7 Å². The van der Waals surface area contributed by atoms with Crippen LogP contribution in [-0.2, 0) is 4.79 Å². The van der Waals surface area contributed by atoms with Crippen molar-refractivity contribution in [2.24, 2.45) is 0 Å². The molecule has 0 aliphatic heterocycles. The number of carbonyl (C=O) groups excluding carboxylic acids is 1. The molecule has 122 valence electrons. The lowest BCUT2D eigenvalue weighted by molar-refractivity contribution is -0.112. The van der Waals surface area contributed by atoms with Crippen LogP contribution in [-0.4, -0.2) is 12.5 Å². The maximum atomic E-state index is 13.5. The topological polar surface area (TPSA) is 62.1 Å². The second-order valence-electron chi connectivity index (χ2n) is 4.52. The summed E-state index contributed by atoms with van der Waals surface area (Å²) in [7, 11) is 0. The fourth-order valence-corrected chi connectivity index (χ4v) is 1.86. The number of hydrogen-bond acceptors (Lipinski definition) is 3. The van der Waals surface area contributed by atoms with Crippen molar-refractivity contribution in [3.8, 4) is 11.8 Å². The van der Waals surface area contributed by atoms with E-state index in [4.69, 9.17) is 5.26 Å². The maximum Gasteiger partial charge on any atom is 0.387 e. The zero-order valence-corrected chi connectivity index (χ0v) is 12.2. The molecule has 0 fully saturated rings. The molecule has 0 heterocycles. The van der Waals surface area contributed by atoms with Crippen molar-refractivity contribution in [2.45, 2.75) is 6.61 Å². The number of nitrogens with zero attached hydrogens (tertiary/aromatic N) is 1. The standard InChI is InChI=1S/C17H11F3N2O2/c18-13-6-2-3-7-14(13)22-16(23)12(10-21)9-11-5-1-4-8-15(11)24-17(19)20/h1-9,17H,(H,22,23). The minimum Gasteiger partial charge on any atom is -0.434 e. The van der Waals surface area contributed by atoms with Gasteiger partial charge in [-0.15, -0.1) is 0 Å². The molecule has 0 atom stereocenters. The van der Waals surface area contributed by atoms with E-state index in [9.17, 15) is 18.0 Å². The van der Waals surface area contributed by atoms with E-state index in [1.807, 2.05) is 0 Å². The van der Waals surface area contributed by atoms with Crippen LogP contribution in [0.1, 0.15) is 5.56 Å². The molecule has 0 radical (unpaired) electrons. The fourth-order valence-electron chi connectivity index (χ4n) is 1.86. The van der Waals surface area contributed by atoms with Crippen molar-refractivity contribution in [1.82, 2.24) is 0 Å². The van der Waals surface area contributed by atoms with Crippen LogP contribution >= 0.6 is 0 Å². The summed E-state index contributed by atoms with van der Waals surface area (Å²) in [6.45, 7) is -3.04. The van der Waals surface area contributed by atoms with Gasteiger partial charge in [0.05, 0.1) is 5.69 Å². The predicted molar refractivity (Wildman–Crippen MR) is 81.7 cm³/mol. The third kappa shape index (κ3) is 4.36. The Morgan fingerprint density at radius 1 is 1.17 bits per heavy atom. The molecule has 0 bridgehead atoms. The predicted octanol–water partition coefficient (Wildman–Crippen LogP) is 3.97. The van der Waals surface area contributed by atoms with Crippen LogP contribution in [0, 0.1) is 17.1 Å². The number of nitrogens with one attached hydrogen (secondary N) is 1. The Kier molecular flexibility index (Phi) is 5.58. The van der Waals surface area contributed by atoms with Crippen LogP contribution in [0.4, 0.5) is 18.9 Å². The van der Waals surface area contributed by atoms with Crippen molar-refractivity contribution in [1.29, 1.82) is 5.26 Å². The van der Waals surface area contributed by atoms with Crippen molar-refractivity contribution in [2.75, 3.05) is 5.32 Å². The van der Waals surface area contributed by atoms with E-state index in [-0.39, 0.29) is 22.6 Å². The van der Waals surface area contributed by atoms with E-state index in [2.05, 4.69) is 10.1 Å².